The Kier molecular flexibility index (Phi) is 6.04. The number of aliphatic hydroxyl groups is 1. The third kappa shape index (κ3) is 3.53. The van der Waals surface area contributed by atoms with Gasteiger partial charge < -0.3 is 23.7 Å². The number of rotatable bonds is 5. The van der Waals surface area contributed by atoms with Crippen LogP contribution in [0.15, 0.2) is 23.8 Å². The van der Waals surface area contributed by atoms with Crippen LogP contribution < -0.4 is 9.47 Å². The zero-order valence-electron chi connectivity index (χ0n) is 20.8. The highest BCUT2D eigenvalue weighted by Gasteiger charge is 2.56. The number of ether oxygens (including phenoxy) is 3. The van der Waals surface area contributed by atoms with E-state index >= 15 is 0 Å². The number of benzene rings is 1. The monoisotopic (exact) mass is 461 g/mol. The highest BCUT2D eigenvalue weighted by Crippen LogP contribution is 2.56. The normalized spacial score (nSPS) is 30.3. The van der Waals surface area contributed by atoms with Crippen LogP contribution in [0, 0.1) is 0 Å². The van der Waals surface area contributed by atoms with Gasteiger partial charge in [0.2, 0.25) is 0 Å². The van der Waals surface area contributed by atoms with Crippen LogP contribution in [0.2, 0.25) is 18.1 Å². The number of hydrogen-bond donors (Lipinski definition) is 1. The maximum atomic E-state index is 11.0. The molecular formula is C25H39NO5Si. The van der Waals surface area contributed by atoms with Gasteiger partial charge in [0.15, 0.2) is 19.8 Å². The molecule has 1 aromatic rings. The molecule has 4 rings (SSSR count). The first kappa shape index (κ1) is 23.8. The van der Waals surface area contributed by atoms with Gasteiger partial charge in [-0.2, -0.15) is 0 Å². The first-order valence-corrected chi connectivity index (χ1v) is 14.5. The highest BCUT2D eigenvalue weighted by atomic mass is 28.4. The van der Waals surface area contributed by atoms with E-state index in [0.29, 0.717) is 18.0 Å². The van der Waals surface area contributed by atoms with Crippen molar-refractivity contribution in [2.24, 2.45) is 0 Å². The summed E-state index contributed by atoms with van der Waals surface area (Å²) in [6.07, 6.45) is 3.41. The quantitative estimate of drug-likeness (QED) is 0.518. The van der Waals surface area contributed by atoms with Gasteiger partial charge in [-0.15, -0.1) is 0 Å². The average Bonchev–Trinajstić information content (AvgIpc) is 3.09. The van der Waals surface area contributed by atoms with E-state index in [1.165, 1.54) is 5.57 Å². The van der Waals surface area contributed by atoms with E-state index in [1.807, 2.05) is 6.07 Å². The third-order valence-electron chi connectivity index (χ3n) is 8.24. The van der Waals surface area contributed by atoms with Crippen molar-refractivity contribution in [3.05, 3.63) is 34.9 Å². The molecule has 0 aromatic heterocycles. The first-order chi connectivity index (χ1) is 15.0. The molecule has 0 radical (unpaired) electrons. The predicted octanol–water partition coefficient (Wildman–Crippen LogP) is 4.39. The first-order valence-electron chi connectivity index (χ1n) is 11.6. The van der Waals surface area contributed by atoms with E-state index in [9.17, 15) is 5.11 Å². The summed E-state index contributed by atoms with van der Waals surface area (Å²) < 4.78 is 24.1. The van der Waals surface area contributed by atoms with Crippen LogP contribution in [0.3, 0.4) is 0 Å². The Labute approximate surface area is 193 Å². The van der Waals surface area contributed by atoms with Crippen LogP contribution in [-0.4, -0.2) is 65.0 Å². The minimum Gasteiger partial charge on any atom is -0.493 e. The molecule has 1 fully saturated rings. The molecule has 4 atom stereocenters. The van der Waals surface area contributed by atoms with E-state index in [1.54, 1.807) is 21.3 Å². The van der Waals surface area contributed by atoms with Crippen molar-refractivity contribution in [3.8, 4) is 11.5 Å². The van der Waals surface area contributed by atoms with Gasteiger partial charge in [0.1, 0.15) is 0 Å². The van der Waals surface area contributed by atoms with Crippen molar-refractivity contribution in [1.29, 1.82) is 0 Å². The van der Waals surface area contributed by atoms with Gasteiger partial charge in [-0.05, 0) is 53.4 Å². The Morgan fingerprint density at radius 2 is 1.75 bits per heavy atom. The summed E-state index contributed by atoms with van der Waals surface area (Å²) in [5.74, 6) is 1.34. The lowest BCUT2D eigenvalue weighted by molar-refractivity contribution is -0.0415. The maximum Gasteiger partial charge on any atom is 0.193 e. The van der Waals surface area contributed by atoms with Crippen molar-refractivity contribution in [3.63, 3.8) is 0 Å². The van der Waals surface area contributed by atoms with E-state index in [-0.39, 0.29) is 22.8 Å². The summed E-state index contributed by atoms with van der Waals surface area (Å²) in [4.78, 5) is 2.42. The zero-order valence-corrected chi connectivity index (χ0v) is 21.8. The number of fused-ring (bicyclic) bond motifs is 1. The number of methoxy groups -OCH3 is 3. The molecule has 7 heteroatoms. The topological polar surface area (TPSA) is 60.4 Å². The van der Waals surface area contributed by atoms with Gasteiger partial charge in [-0.25, -0.2) is 0 Å². The molecule has 2 heterocycles. The van der Waals surface area contributed by atoms with Gasteiger partial charge in [0, 0.05) is 26.6 Å². The van der Waals surface area contributed by atoms with Gasteiger partial charge in [0.25, 0.3) is 0 Å². The minimum absolute atomic E-state index is 0.0584. The fraction of sp³-hybridized carbons (Fsp3) is 0.680. The lowest BCUT2D eigenvalue weighted by atomic mass is 9.69. The zero-order chi connectivity index (χ0) is 23.5. The van der Waals surface area contributed by atoms with Crippen LogP contribution in [0.25, 0.3) is 0 Å². The van der Waals surface area contributed by atoms with E-state index < -0.39 is 14.4 Å². The van der Waals surface area contributed by atoms with Crippen molar-refractivity contribution in [2.45, 2.75) is 75.6 Å². The molecule has 1 saturated heterocycles. The van der Waals surface area contributed by atoms with Crippen molar-refractivity contribution < 1.29 is 23.7 Å². The van der Waals surface area contributed by atoms with E-state index in [2.05, 4.69) is 50.9 Å². The molecule has 6 nitrogen and oxygen atoms in total. The lowest BCUT2D eigenvalue weighted by Gasteiger charge is -2.51. The summed E-state index contributed by atoms with van der Waals surface area (Å²) in [6.45, 7) is 12.9. The van der Waals surface area contributed by atoms with Crippen LogP contribution >= 0.6 is 0 Å². The predicted molar refractivity (Wildman–Crippen MR) is 128 cm³/mol. The Hall–Kier alpha value is -1.38. The second kappa shape index (κ2) is 8.13. The molecule has 32 heavy (non-hydrogen) atoms. The fourth-order valence-corrected chi connectivity index (χ4v) is 6.68. The molecule has 1 aliphatic carbocycles. The minimum atomic E-state index is -1.96. The van der Waals surface area contributed by atoms with Crippen molar-refractivity contribution in [2.75, 3.05) is 34.4 Å². The molecule has 1 spiro atoms. The second-order valence-electron chi connectivity index (χ2n) is 10.9. The van der Waals surface area contributed by atoms with E-state index in [4.69, 9.17) is 18.6 Å². The van der Waals surface area contributed by atoms with Crippen molar-refractivity contribution >= 4 is 8.32 Å². The Balaban J connectivity index is 1.83. The molecule has 0 bridgehead atoms. The smallest absolute Gasteiger partial charge is 0.193 e. The SMILES string of the molecule is COc1cc2c(cc1OC)[C@]13C[C@H](OC)[C@H](O[Si](C)(C)C(C)(C)C)C=C1CCN3C[C@@H]2O. The molecule has 1 N–H and O–H groups in total. The van der Waals surface area contributed by atoms with Crippen LogP contribution in [0.4, 0.5) is 0 Å². The molecule has 178 valence electrons. The Morgan fingerprint density at radius 3 is 2.34 bits per heavy atom. The molecular weight excluding hydrogens is 422 g/mol. The molecule has 1 aromatic carbocycles. The average molecular weight is 462 g/mol. The number of hydrogen-bond acceptors (Lipinski definition) is 6. The summed E-state index contributed by atoms with van der Waals surface area (Å²) in [5, 5.41) is 11.1. The van der Waals surface area contributed by atoms with Gasteiger partial charge in [0.05, 0.1) is 38.1 Å². The number of aliphatic hydroxyl groups excluding tert-OH is 1. The largest absolute Gasteiger partial charge is 0.493 e. The molecule has 0 amide bonds. The Bertz CT molecular complexity index is 908. The summed E-state index contributed by atoms with van der Waals surface area (Å²) in [7, 11) is 3.11. The second-order valence-corrected chi connectivity index (χ2v) is 15.6. The molecule has 0 saturated carbocycles. The summed E-state index contributed by atoms with van der Waals surface area (Å²) >= 11 is 0. The van der Waals surface area contributed by atoms with Gasteiger partial charge >= 0.3 is 0 Å². The van der Waals surface area contributed by atoms with Crippen LogP contribution in [0.1, 0.15) is 50.8 Å². The highest BCUT2D eigenvalue weighted by molar-refractivity contribution is 6.74. The summed E-state index contributed by atoms with van der Waals surface area (Å²) in [6, 6.07) is 4.01. The summed E-state index contributed by atoms with van der Waals surface area (Å²) in [5.41, 5.74) is 3.09. The van der Waals surface area contributed by atoms with Crippen LogP contribution in [-0.2, 0) is 14.7 Å². The molecule has 3 aliphatic rings. The lowest BCUT2D eigenvalue weighted by Crippen LogP contribution is -2.56. The molecule has 2 aliphatic heterocycles. The third-order valence-corrected chi connectivity index (χ3v) is 12.7. The van der Waals surface area contributed by atoms with E-state index in [0.717, 1.165) is 30.5 Å². The van der Waals surface area contributed by atoms with Gasteiger partial charge in [-0.3, -0.25) is 4.90 Å². The fourth-order valence-electron chi connectivity index (χ4n) is 5.43. The molecule has 0 unspecified atom stereocenters. The van der Waals surface area contributed by atoms with Gasteiger partial charge in [-0.1, -0.05) is 26.8 Å². The van der Waals surface area contributed by atoms with Crippen molar-refractivity contribution in [1.82, 2.24) is 4.90 Å². The van der Waals surface area contributed by atoms with Crippen LogP contribution in [0.5, 0.6) is 11.5 Å². The Morgan fingerprint density at radius 1 is 1.09 bits per heavy atom. The maximum absolute atomic E-state index is 11.0. The number of nitrogens with zero attached hydrogens (tertiary/aromatic N) is 1. The standard InChI is InChI=1S/C25H39NO5Si/c1-24(2,3)32(7,8)31-22-11-16-9-10-26-15-19(27)17-12-20(28-4)21(29-5)13-18(17)25(16,26)14-23(22)30-6/h11-13,19,22-23,27H,9-10,14-15H2,1-8H3/t19-,22+,23-,25-/m0/s1.